The molecule has 2 heteroatoms. The predicted octanol–water partition coefficient (Wildman–Crippen LogP) is 6.36. The van der Waals surface area contributed by atoms with Crippen LogP contribution in [0.4, 0.5) is 0 Å². The maximum absolute atomic E-state index is 2.25. The van der Waals surface area contributed by atoms with Gasteiger partial charge < -0.3 is 12.8 Å². The van der Waals surface area contributed by atoms with Crippen molar-refractivity contribution in [3.8, 4) is 0 Å². The van der Waals surface area contributed by atoms with Gasteiger partial charge in [-0.2, -0.15) is 26.7 Å². The smallest absolute Gasteiger partial charge is 0 e. The SMILES string of the molecule is C[CH-]CCCCCC.C[CH-]CCCCCC.[Zn].[Zn]. The maximum Gasteiger partial charge on any atom is 0 e. The molecule has 0 aliphatic heterocycles. The van der Waals surface area contributed by atoms with Crippen LogP contribution in [-0.4, -0.2) is 0 Å². The second-order valence-electron chi connectivity index (χ2n) is 4.52. The molecule has 0 saturated heterocycles. The molecule has 0 radical (unpaired) electrons. The first-order valence-corrected chi connectivity index (χ1v) is 7.39. The molecule has 0 spiro atoms. The zero-order valence-corrected chi connectivity index (χ0v) is 19.6. The van der Waals surface area contributed by atoms with Crippen LogP contribution in [0.1, 0.15) is 91.9 Å². The Kier molecular flexibility index (Phi) is 47.4. The van der Waals surface area contributed by atoms with Crippen LogP contribution >= 0.6 is 0 Å². The number of rotatable bonds is 10. The molecule has 0 rings (SSSR count). The molecule has 0 aromatic rings. The molecule has 18 heavy (non-hydrogen) atoms. The van der Waals surface area contributed by atoms with Gasteiger partial charge in [0.25, 0.3) is 0 Å². The first-order chi connectivity index (χ1) is 7.83. The van der Waals surface area contributed by atoms with Crippen molar-refractivity contribution in [2.24, 2.45) is 0 Å². The molecule has 0 aromatic heterocycles. The van der Waals surface area contributed by atoms with Gasteiger partial charge >= 0.3 is 0 Å². The van der Waals surface area contributed by atoms with Crippen molar-refractivity contribution in [1.29, 1.82) is 0 Å². The predicted molar refractivity (Wildman–Crippen MR) is 77.5 cm³/mol. The van der Waals surface area contributed by atoms with Crippen molar-refractivity contribution in [3.05, 3.63) is 12.8 Å². The first-order valence-electron chi connectivity index (χ1n) is 7.39. The number of hydrogen-bond donors (Lipinski definition) is 0. The van der Waals surface area contributed by atoms with E-state index < -0.39 is 0 Å². The van der Waals surface area contributed by atoms with Crippen LogP contribution in [0, 0.1) is 12.8 Å². The van der Waals surface area contributed by atoms with Crippen LogP contribution in [0.2, 0.25) is 0 Å². The molecule has 104 valence electrons. The average Bonchev–Trinajstić information content (AvgIpc) is 2.31. The summed E-state index contributed by atoms with van der Waals surface area (Å²) in [6, 6.07) is 0. The Hall–Kier alpha value is 1.25. The quantitative estimate of drug-likeness (QED) is 0.243. The topological polar surface area (TPSA) is 0 Å². The third-order valence-corrected chi connectivity index (χ3v) is 2.69. The summed E-state index contributed by atoms with van der Waals surface area (Å²) in [6.45, 7) is 8.75. The Morgan fingerprint density at radius 2 is 0.889 bits per heavy atom. The molecule has 0 aromatic carbocycles. The van der Waals surface area contributed by atoms with Crippen LogP contribution in [0.5, 0.6) is 0 Å². The molecule has 0 aliphatic rings. The van der Waals surface area contributed by atoms with E-state index in [0.717, 1.165) is 0 Å². The summed E-state index contributed by atoms with van der Waals surface area (Å²) >= 11 is 0. The second-order valence-corrected chi connectivity index (χ2v) is 4.52. The van der Waals surface area contributed by atoms with Crippen molar-refractivity contribution < 1.29 is 39.0 Å². The molecule has 0 heterocycles. The molecule has 0 atom stereocenters. The Bertz CT molecular complexity index is 71.1. The van der Waals surface area contributed by atoms with Gasteiger partial charge in [0.05, 0.1) is 0 Å². The fraction of sp³-hybridized carbons (Fsp3) is 0.875. The van der Waals surface area contributed by atoms with Gasteiger partial charge in [0.1, 0.15) is 0 Å². The van der Waals surface area contributed by atoms with Gasteiger partial charge in [-0.05, 0) is 0 Å². The third-order valence-electron chi connectivity index (χ3n) is 2.69. The van der Waals surface area contributed by atoms with Crippen LogP contribution in [0.25, 0.3) is 0 Å². The zero-order chi connectivity index (χ0) is 12.5. The molecular formula is C16H34Zn2-2. The van der Waals surface area contributed by atoms with Crippen molar-refractivity contribution in [2.75, 3.05) is 0 Å². The number of unbranched alkanes of at least 4 members (excludes halogenated alkanes) is 10. The van der Waals surface area contributed by atoms with Gasteiger partial charge in [-0.25, -0.2) is 0 Å². The fourth-order valence-electron chi connectivity index (χ4n) is 1.55. The van der Waals surface area contributed by atoms with Gasteiger partial charge in [-0.3, -0.25) is 0 Å². The standard InChI is InChI=1S/2C8H17.2Zn/c2*1-3-5-7-8-6-4-2;;/h2*3H,4-8H2,1-2H3;;/q2*-1;;. The largest absolute Gasteiger partial charge is 0.332 e. The zero-order valence-electron chi connectivity index (χ0n) is 13.6. The van der Waals surface area contributed by atoms with E-state index in [4.69, 9.17) is 0 Å². The van der Waals surface area contributed by atoms with Crippen molar-refractivity contribution in [2.45, 2.75) is 91.9 Å². The van der Waals surface area contributed by atoms with E-state index in [-0.39, 0.29) is 39.0 Å². The minimum Gasteiger partial charge on any atom is -0.332 e. The summed E-state index contributed by atoms with van der Waals surface area (Å²) in [5.74, 6) is 0. The van der Waals surface area contributed by atoms with Crippen LogP contribution in [0.3, 0.4) is 0 Å². The summed E-state index contributed by atoms with van der Waals surface area (Å²) < 4.78 is 0. The molecular weight excluding hydrogens is 323 g/mol. The van der Waals surface area contributed by atoms with E-state index in [1.807, 2.05) is 0 Å². The van der Waals surface area contributed by atoms with E-state index in [2.05, 4.69) is 40.5 Å². The average molecular weight is 357 g/mol. The van der Waals surface area contributed by atoms with Crippen molar-refractivity contribution in [1.82, 2.24) is 0 Å². The van der Waals surface area contributed by atoms with E-state index in [0.29, 0.717) is 0 Å². The first kappa shape index (κ1) is 27.6. The summed E-state index contributed by atoms with van der Waals surface area (Å²) in [4.78, 5) is 0. The molecule has 0 nitrogen and oxygen atoms in total. The number of hydrogen-bond acceptors (Lipinski definition) is 0. The van der Waals surface area contributed by atoms with Gasteiger partial charge in [0, 0.05) is 39.0 Å². The molecule has 0 amide bonds. The Labute approximate surface area is 143 Å². The minimum atomic E-state index is 0. The van der Waals surface area contributed by atoms with Crippen LogP contribution in [-0.2, 0) is 39.0 Å². The molecule has 0 unspecified atom stereocenters. The summed E-state index contributed by atoms with van der Waals surface area (Å²) in [6.07, 6.45) is 18.2. The van der Waals surface area contributed by atoms with Crippen molar-refractivity contribution in [3.63, 3.8) is 0 Å². The summed E-state index contributed by atoms with van der Waals surface area (Å²) in [5, 5.41) is 0. The van der Waals surface area contributed by atoms with Crippen LogP contribution < -0.4 is 0 Å². The normalized spacial score (nSPS) is 8.67. The Balaban J connectivity index is -0.0000000980. The fourth-order valence-corrected chi connectivity index (χ4v) is 1.55. The van der Waals surface area contributed by atoms with Gasteiger partial charge in [0.15, 0.2) is 0 Å². The summed E-state index contributed by atoms with van der Waals surface area (Å²) in [7, 11) is 0. The van der Waals surface area contributed by atoms with E-state index in [1.54, 1.807) is 0 Å². The summed E-state index contributed by atoms with van der Waals surface area (Å²) in [5.41, 5.74) is 0. The van der Waals surface area contributed by atoms with E-state index >= 15 is 0 Å². The minimum absolute atomic E-state index is 0. The van der Waals surface area contributed by atoms with Gasteiger partial charge in [0.2, 0.25) is 0 Å². The van der Waals surface area contributed by atoms with Gasteiger partial charge in [-0.15, -0.1) is 0 Å². The van der Waals surface area contributed by atoms with E-state index in [9.17, 15) is 0 Å². The molecule has 0 bridgehead atoms. The third kappa shape index (κ3) is 36.0. The maximum atomic E-state index is 2.25. The molecule has 0 aliphatic carbocycles. The Morgan fingerprint density at radius 3 is 1.11 bits per heavy atom. The molecule has 0 saturated carbocycles. The van der Waals surface area contributed by atoms with Crippen molar-refractivity contribution >= 4 is 0 Å². The molecule has 0 fully saturated rings. The van der Waals surface area contributed by atoms with E-state index in [1.165, 1.54) is 64.2 Å². The molecule has 0 N–H and O–H groups in total. The second kappa shape index (κ2) is 30.9. The van der Waals surface area contributed by atoms with Gasteiger partial charge in [-0.1, -0.05) is 65.2 Å². The Morgan fingerprint density at radius 1 is 0.556 bits per heavy atom. The van der Waals surface area contributed by atoms with Crippen LogP contribution in [0.15, 0.2) is 0 Å². The monoisotopic (exact) mass is 354 g/mol.